The summed E-state index contributed by atoms with van der Waals surface area (Å²) in [5.41, 5.74) is 1.43. The first-order chi connectivity index (χ1) is 13.4. The summed E-state index contributed by atoms with van der Waals surface area (Å²) >= 11 is 5.85. The van der Waals surface area contributed by atoms with Gasteiger partial charge >= 0.3 is 0 Å². The molecule has 0 bridgehead atoms. The molecule has 28 heavy (non-hydrogen) atoms. The molecule has 1 saturated heterocycles. The first kappa shape index (κ1) is 20.8. The highest BCUT2D eigenvalue weighted by atomic mass is 35.5. The van der Waals surface area contributed by atoms with E-state index < -0.39 is 10.0 Å². The van der Waals surface area contributed by atoms with Crippen molar-refractivity contribution in [2.24, 2.45) is 0 Å². The lowest BCUT2D eigenvalue weighted by atomic mass is 10.0. The Morgan fingerprint density at radius 2 is 1.79 bits per heavy atom. The molecule has 1 aliphatic rings. The van der Waals surface area contributed by atoms with E-state index in [-0.39, 0.29) is 23.3 Å². The maximum absolute atomic E-state index is 13.0. The molecule has 5 nitrogen and oxygen atoms in total. The summed E-state index contributed by atoms with van der Waals surface area (Å²) in [5, 5.41) is 3.43. The van der Waals surface area contributed by atoms with E-state index in [1.54, 1.807) is 52.8 Å². The first-order valence-electron chi connectivity index (χ1n) is 9.56. The molecule has 1 amide bonds. The highest BCUT2D eigenvalue weighted by molar-refractivity contribution is 7.89. The molecule has 1 heterocycles. The number of hydrogen-bond acceptors (Lipinski definition) is 3. The molecule has 0 aromatic heterocycles. The fraction of sp³-hybridized carbons (Fsp3) is 0.381. The molecule has 1 atom stereocenters. The lowest BCUT2D eigenvalue weighted by molar-refractivity contribution is -0.115. The second-order valence-corrected chi connectivity index (χ2v) is 9.38. The molecule has 1 fully saturated rings. The van der Waals surface area contributed by atoms with E-state index in [1.165, 1.54) is 0 Å². The maximum atomic E-state index is 13.0. The number of nitrogens with one attached hydrogen (secondary N) is 1. The van der Waals surface area contributed by atoms with Gasteiger partial charge in [0.25, 0.3) is 0 Å². The quantitative estimate of drug-likeness (QED) is 0.749. The van der Waals surface area contributed by atoms with Crippen LogP contribution in [0.1, 0.15) is 38.2 Å². The van der Waals surface area contributed by atoms with Crippen LogP contribution in [0.2, 0.25) is 5.02 Å². The van der Waals surface area contributed by atoms with Crippen LogP contribution in [0.25, 0.3) is 0 Å². The molecule has 3 rings (SSSR count). The zero-order chi connectivity index (χ0) is 20.1. The minimum absolute atomic E-state index is 0.0671. The number of sulfonamides is 1. The zero-order valence-electron chi connectivity index (χ0n) is 15.9. The van der Waals surface area contributed by atoms with Gasteiger partial charge in [-0.1, -0.05) is 37.1 Å². The molecule has 0 radical (unpaired) electrons. The van der Waals surface area contributed by atoms with Gasteiger partial charge in [0.2, 0.25) is 15.9 Å². The molecular formula is C21H25ClN2O3S. The highest BCUT2D eigenvalue weighted by Gasteiger charge is 2.32. The Balaban J connectivity index is 1.67. The number of amides is 1. The molecular weight excluding hydrogens is 396 g/mol. The van der Waals surface area contributed by atoms with Crippen LogP contribution in [0.3, 0.4) is 0 Å². The third kappa shape index (κ3) is 4.93. The van der Waals surface area contributed by atoms with Crippen LogP contribution in [0, 0.1) is 0 Å². The summed E-state index contributed by atoms with van der Waals surface area (Å²) in [6, 6.07) is 13.6. The van der Waals surface area contributed by atoms with Crippen LogP contribution in [0.4, 0.5) is 5.69 Å². The van der Waals surface area contributed by atoms with Gasteiger partial charge in [-0.2, -0.15) is 4.31 Å². The number of hydrogen-bond donors (Lipinski definition) is 1. The molecule has 0 aliphatic carbocycles. The third-order valence-corrected chi connectivity index (χ3v) is 7.29. The van der Waals surface area contributed by atoms with Crippen molar-refractivity contribution in [1.82, 2.24) is 4.31 Å². The van der Waals surface area contributed by atoms with Crippen molar-refractivity contribution in [3.63, 3.8) is 0 Å². The van der Waals surface area contributed by atoms with Crippen LogP contribution in [-0.4, -0.2) is 31.2 Å². The summed E-state index contributed by atoms with van der Waals surface area (Å²) in [6.45, 7) is 2.60. The van der Waals surface area contributed by atoms with Crippen molar-refractivity contribution in [3.8, 4) is 0 Å². The number of nitrogens with zero attached hydrogens (tertiary/aromatic N) is 1. The van der Waals surface area contributed by atoms with Crippen molar-refractivity contribution < 1.29 is 13.2 Å². The zero-order valence-corrected chi connectivity index (χ0v) is 17.5. The summed E-state index contributed by atoms with van der Waals surface area (Å²) < 4.78 is 27.6. The van der Waals surface area contributed by atoms with E-state index in [1.807, 2.05) is 6.92 Å². The Morgan fingerprint density at radius 3 is 2.43 bits per heavy atom. The largest absolute Gasteiger partial charge is 0.326 e. The Labute approximate surface area is 171 Å². The van der Waals surface area contributed by atoms with Crippen molar-refractivity contribution in [1.29, 1.82) is 0 Å². The summed E-state index contributed by atoms with van der Waals surface area (Å²) in [7, 11) is -3.51. The van der Waals surface area contributed by atoms with Crippen molar-refractivity contribution >= 4 is 33.2 Å². The number of halogens is 1. The van der Waals surface area contributed by atoms with E-state index in [9.17, 15) is 13.2 Å². The summed E-state index contributed by atoms with van der Waals surface area (Å²) in [5.74, 6) is -0.167. The molecule has 1 N–H and O–H groups in total. The minimum Gasteiger partial charge on any atom is -0.326 e. The Kier molecular flexibility index (Phi) is 6.75. The molecule has 2 aromatic carbocycles. The fourth-order valence-electron chi connectivity index (χ4n) is 3.54. The average Bonchev–Trinajstić information content (AvgIpc) is 2.70. The van der Waals surface area contributed by atoms with E-state index >= 15 is 0 Å². The summed E-state index contributed by atoms with van der Waals surface area (Å²) in [6.07, 6.45) is 3.92. The SMILES string of the molecule is CCC1CCCCN1S(=O)(=O)c1ccc(NC(=O)Cc2ccc(Cl)cc2)cc1. The van der Waals surface area contributed by atoms with Crippen molar-refractivity contribution in [2.45, 2.75) is 50.0 Å². The number of piperidine rings is 1. The lowest BCUT2D eigenvalue weighted by Gasteiger charge is -2.34. The average molecular weight is 421 g/mol. The summed E-state index contributed by atoms with van der Waals surface area (Å²) in [4.78, 5) is 12.5. The molecule has 7 heteroatoms. The van der Waals surface area contributed by atoms with Crippen LogP contribution in [0.15, 0.2) is 53.4 Å². The van der Waals surface area contributed by atoms with E-state index in [2.05, 4.69) is 5.32 Å². The number of anilines is 1. The molecule has 1 aliphatic heterocycles. The van der Waals surface area contributed by atoms with Crippen LogP contribution in [0.5, 0.6) is 0 Å². The number of rotatable bonds is 6. The molecule has 1 unspecified atom stereocenters. The van der Waals surface area contributed by atoms with Gasteiger partial charge < -0.3 is 5.32 Å². The van der Waals surface area contributed by atoms with Crippen LogP contribution >= 0.6 is 11.6 Å². The van der Waals surface area contributed by atoms with Crippen molar-refractivity contribution in [2.75, 3.05) is 11.9 Å². The Hall–Kier alpha value is -1.89. The number of carbonyl (C=O) groups excluding carboxylic acids is 1. The van der Waals surface area contributed by atoms with Gasteiger partial charge in [-0.3, -0.25) is 4.79 Å². The smallest absolute Gasteiger partial charge is 0.243 e. The predicted octanol–water partition coefficient (Wildman–Crippen LogP) is 4.47. The number of benzene rings is 2. The van der Waals surface area contributed by atoms with Gasteiger partial charge in [-0.25, -0.2) is 8.42 Å². The first-order valence-corrected chi connectivity index (χ1v) is 11.4. The normalized spacial score (nSPS) is 18.0. The van der Waals surface area contributed by atoms with E-state index in [0.717, 1.165) is 31.2 Å². The maximum Gasteiger partial charge on any atom is 0.243 e. The predicted molar refractivity (Wildman–Crippen MR) is 112 cm³/mol. The Bertz CT molecular complexity index is 912. The molecule has 150 valence electrons. The van der Waals surface area contributed by atoms with Crippen molar-refractivity contribution in [3.05, 3.63) is 59.1 Å². The van der Waals surface area contributed by atoms with E-state index in [0.29, 0.717) is 17.3 Å². The molecule has 2 aromatic rings. The second-order valence-electron chi connectivity index (χ2n) is 7.05. The second kappa shape index (κ2) is 9.07. The topological polar surface area (TPSA) is 66.5 Å². The van der Waals surface area contributed by atoms with E-state index in [4.69, 9.17) is 11.6 Å². The molecule has 0 spiro atoms. The highest BCUT2D eigenvalue weighted by Crippen LogP contribution is 2.27. The standard InChI is InChI=1S/C21H25ClN2O3S/c1-2-19-5-3-4-14-24(19)28(26,27)20-12-10-18(11-13-20)23-21(25)15-16-6-8-17(22)9-7-16/h6-13,19H,2-5,14-15H2,1H3,(H,23,25). The van der Waals surface area contributed by atoms with Crippen LogP contribution < -0.4 is 5.32 Å². The van der Waals surface area contributed by atoms with Gasteiger partial charge in [0.05, 0.1) is 11.3 Å². The van der Waals surface area contributed by atoms with Gasteiger partial charge in [-0.15, -0.1) is 0 Å². The van der Waals surface area contributed by atoms with Gasteiger partial charge in [0.1, 0.15) is 0 Å². The minimum atomic E-state index is -3.51. The van der Waals surface area contributed by atoms with Gasteiger partial charge in [0.15, 0.2) is 0 Å². The lowest BCUT2D eigenvalue weighted by Crippen LogP contribution is -2.43. The van der Waals surface area contributed by atoms with Gasteiger partial charge in [-0.05, 0) is 61.2 Å². The monoisotopic (exact) mass is 420 g/mol. The van der Waals surface area contributed by atoms with Crippen LogP contribution in [-0.2, 0) is 21.2 Å². The third-order valence-electron chi connectivity index (χ3n) is 5.07. The van der Waals surface area contributed by atoms with Gasteiger partial charge in [0, 0.05) is 23.3 Å². The Morgan fingerprint density at radius 1 is 1.11 bits per heavy atom. The molecule has 0 saturated carbocycles. The number of carbonyl (C=O) groups is 1. The fourth-order valence-corrected chi connectivity index (χ4v) is 5.43.